The van der Waals surface area contributed by atoms with Crippen LogP contribution in [0.15, 0.2) is 200 Å². The van der Waals surface area contributed by atoms with Crippen LogP contribution in [0.1, 0.15) is 22.3 Å². The Kier molecular flexibility index (Phi) is 6.97. The van der Waals surface area contributed by atoms with Crippen molar-refractivity contribution < 1.29 is 0 Å². The zero-order valence-corrected chi connectivity index (χ0v) is 28.9. The molecule has 8 aromatic carbocycles. The third-order valence-corrected chi connectivity index (χ3v) is 11.1. The molecule has 10 rings (SSSR count). The maximum atomic E-state index is 2.46. The summed E-state index contributed by atoms with van der Waals surface area (Å²) in [5.74, 6) is 0. The van der Waals surface area contributed by atoms with Crippen molar-refractivity contribution in [1.82, 2.24) is 0 Å². The van der Waals surface area contributed by atoms with Gasteiger partial charge < -0.3 is 9.80 Å². The molecule has 2 aliphatic carbocycles. The van der Waals surface area contributed by atoms with Crippen LogP contribution in [0.3, 0.4) is 0 Å². The molecule has 2 heteroatoms. The summed E-state index contributed by atoms with van der Waals surface area (Å²) in [6, 6.07) is 73.2. The van der Waals surface area contributed by atoms with Crippen LogP contribution in [0.5, 0.6) is 0 Å². The highest BCUT2D eigenvalue weighted by molar-refractivity contribution is 5.97. The second-order valence-corrected chi connectivity index (χ2v) is 13.7. The van der Waals surface area contributed by atoms with Gasteiger partial charge in [0, 0.05) is 41.0 Å². The van der Waals surface area contributed by atoms with Crippen LogP contribution in [-0.4, -0.2) is 7.05 Å². The Hall–Kier alpha value is -6.64. The molecule has 0 amide bonds. The quantitative estimate of drug-likeness (QED) is 0.175. The lowest BCUT2D eigenvalue weighted by Gasteiger charge is -2.33. The molecular formula is C50H36N2. The van der Waals surface area contributed by atoms with Crippen molar-refractivity contribution in [1.29, 1.82) is 0 Å². The van der Waals surface area contributed by atoms with Gasteiger partial charge in [-0.2, -0.15) is 0 Å². The molecule has 0 bridgehead atoms. The fourth-order valence-electron chi connectivity index (χ4n) is 8.83. The van der Waals surface area contributed by atoms with E-state index in [4.69, 9.17) is 0 Å². The molecule has 0 fully saturated rings. The van der Waals surface area contributed by atoms with Crippen molar-refractivity contribution >= 4 is 28.4 Å². The minimum absolute atomic E-state index is 0.483. The van der Waals surface area contributed by atoms with E-state index in [9.17, 15) is 0 Å². The number of nitrogens with zero attached hydrogens (tertiary/aromatic N) is 2. The Balaban J connectivity index is 1.22. The standard InChI is InChI=1S/C50H36N2/c1-51(49-28-16-13-23-40(49)35-17-5-2-6-18-35)38-29-31-43-44-32-30-39(52(36-19-7-3-8-20-36)37-21-9-4-10-22-37)34-48(44)50(47(43)33-38)45-26-14-11-24-41(45)42-25-12-15-27-46(42)50/h2-34H,1H3. The summed E-state index contributed by atoms with van der Waals surface area (Å²) in [4.78, 5) is 4.73. The number of rotatable bonds is 6. The summed E-state index contributed by atoms with van der Waals surface area (Å²) in [6.45, 7) is 0. The van der Waals surface area contributed by atoms with Crippen molar-refractivity contribution in [2.24, 2.45) is 0 Å². The maximum Gasteiger partial charge on any atom is 0.0727 e. The Morgan fingerprint density at radius 3 is 1.33 bits per heavy atom. The molecule has 0 saturated carbocycles. The van der Waals surface area contributed by atoms with Crippen LogP contribution in [0, 0.1) is 0 Å². The Morgan fingerprint density at radius 1 is 0.327 bits per heavy atom. The minimum atomic E-state index is -0.483. The largest absolute Gasteiger partial charge is 0.344 e. The van der Waals surface area contributed by atoms with Crippen LogP contribution in [0.4, 0.5) is 28.4 Å². The summed E-state index contributed by atoms with van der Waals surface area (Å²) in [5, 5.41) is 0. The summed E-state index contributed by atoms with van der Waals surface area (Å²) >= 11 is 0. The average molecular weight is 665 g/mol. The molecule has 0 heterocycles. The SMILES string of the molecule is CN(c1ccc2c(c1)C1(c3ccccc3-c3ccccc31)c1cc(N(c3ccccc3)c3ccccc3)ccc1-2)c1ccccc1-c1ccccc1. The van der Waals surface area contributed by atoms with Crippen LogP contribution in [-0.2, 0) is 5.41 Å². The number of hydrogen-bond acceptors (Lipinski definition) is 2. The van der Waals surface area contributed by atoms with E-state index < -0.39 is 5.41 Å². The van der Waals surface area contributed by atoms with Crippen LogP contribution in [0.2, 0.25) is 0 Å². The Morgan fingerprint density at radius 2 is 0.750 bits per heavy atom. The fraction of sp³-hybridized carbons (Fsp3) is 0.0400. The van der Waals surface area contributed by atoms with Gasteiger partial charge in [0.15, 0.2) is 0 Å². The highest BCUT2D eigenvalue weighted by atomic mass is 15.1. The second kappa shape index (κ2) is 12.0. The van der Waals surface area contributed by atoms with Gasteiger partial charge in [-0.05, 0) is 105 Å². The van der Waals surface area contributed by atoms with Gasteiger partial charge in [-0.1, -0.05) is 146 Å². The van der Waals surface area contributed by atoms with E-state index in [1.165, 1.54) is 61.3 Å². The highest BCUT2D eigenvalue weighted by Gasteiger charge is 2.52. The molecule has 8 aromatic rings. The topological polar surface area (TPSA) is 6.48 Å². The monoisotopic (exact) mass is 664 g/mol. The van der Waals surface area contributed by atoms with E-state index in [1.807, 2.05) is 0 Å². The van der Waals surface area contributed by atoms with Gasteiger partial charge in [0.25, 0.3) is 0 Å². The van der Waals surface area contributed by atoms with Gasteiger partial charge in [0.2, 0.25) is 0 Å². The van der Waals surface area contributed by atoms with E-state index in [1.54, 1.807) is 0 Å². The summed E-state index contributed by atoms with van der Waals surface area (Å²) in [5.41, 5.74) is 18.2. The van der Waals surface area contributed by atoms with Crippen molar-refractivity contribution in [2.45, 2.75) is 5.41 Å². The van der Waals surface area contributed by atoms with Crippen molar-refractivity contribution in [3.63, 3.8) is 0 Å². The zero-order chi connectivity index (χ0) is 34.6. The molecule has 0 aliphatic heterocycles. The first-order chi connectivity index (χ1) is 25.7. The Bertz CT molecular complexity index is 2510. The van der Waals surface area contributed by atoms with Crippen LogP contribution in [0.25, 0.3) is 33.4 Å². The smallest absolute Gasteiger partial charge is 0.0727 e. The van der Waals surface area contributed by atoms with Gasteiger partial charge >= 0.3 is 0 Å². The molecule has 2 nitrogen and oxygen atoms in total. The normalized spacial score (nSPS) is 12.9. The third-order valence-electron chi connectivity index (χ3n) is 11.1. The van der Waals surface area contributed by atoms with E-state index in [0.29, 0.717) is 0 Å². The summed E-state index contributed by atoms with van der Waals surface area (Å²) < 4.78 is 0. The van der Waals surface area contributed by atoms with Crippen molar-refractivity contribution in [3.05, 3.63) is 222 Å². The highest BCUT2D eigenvalue weighted by Crippen LogP contribution is 2.64. The first-order valence-electron chi connectivity index (χ1n) is 18.0. The van der Waals surface area contributed by atoms with Gasteiger partial charge in [-0.25, -0.2) is 0 Å². The van der Waals surface area contributed by atoms with Gasteiger partial charge in [-0.15, -0.1) is 0 Å². The molecule has 0 aromatic heterocycles. The van der Waals surface area contributed by atoms with Crippen LogP contribution < -0.4 is 9.80 Å². The molecule has 52 heavy (non-hydrogen) atoms. The fourth-order valence-corrected chi connectivity index (χ4v) is 8.83. The van der Waals surface area contributed by atoms with Gasteiger partial charge in [0.05, 0.1) is 5.41 Å². The maximum absolute atomic E-state index is 2.46. The lowest BCUT2D eigenvalue weighted by atomic mass is 9.70. The van der Waals surface area contributed by atoms with E-state index >= 15 is 0 Å². The number of hydrogen-bond donors (Lipinski definition) is 0. The molecule has 0 unspecified atom stereocenters. The molecule has 0 N–H and O–H groups in total. The third kappa shape index (κ3) is 4.44. The van der Waals surface area contributed by atoms with E-state index in [-0.39, 0.29) is 0 Å². The lowest BCUT2D eigenvalue weighted by Crippen LogP contribution is -2.26. The average Bonchev–Trinajstić information content (AvgIpc) is 3.68. The molecular weight excluding hydrogens is 629 g/mol. The number of benzene rings is 8. The van der Waals surface area contributed by atoms with E-state index in [0.717, 1.165) is 22.7 Å². The van der Waals surface area contributed by atoms with Crippen molar-refractivity contribution in [3.8, 4) is 33.4 Å². The number of para-hydroxylation sites is 3. The van der Waals surface area contributed by atoms with Crippen LogP contribution >= 0.6 is 0 Å². The summed E-state index contributed by atoms with van der Waals surface area (Å²) in [7, 11) is 2.20. The van der Waals surface area contributed by atoms with E-state index in [2.05, 4.69) is 217 Å². The predicted octanol–water partition coefficient (Wildman–Crippen LogP) is 12.9. The first kappa shape index (κ1) is 30.2. The predicted molar refractivity (Wildman–Crippen MR) is 217 cm³/mol. The van der Waals surface area contributed by atoms with Crippen molar-refractivity contribution in [2.75, 3.05) is 16.8 Å². The zero-order valence-electron chi connectivity index (χ0n) is 28.9. The summed E-state index contributed by atoms with van der Waals surface area (Å²) in [6.07, 6.45) is 0. The Labute approximate surface area is 305 Å². The number of fused-ring (bicyclic) bond motifs is 10. The molecule has 0 atom stereocenters. The second-order valence-electron chi connectivity index (χ2n) is 13.7. The van der Waals surface area contributed by atoms with Gasteiger partial charge in [-0.3, -0.25) is 0 Å². The first-order valence-corrected chi connectivity index (χ1v) is 18.0. The minimum Gasteiger partial charge on any atom is -0.344 e. The molecule has 0 radical (unpaired) electrons. The molecule has 246 valence electrons. The number of anilines is 5. The molecule has 0 saturated heterocycles. The van der Waals surface area contributed by atoms with Gasteiger partial charge in [0.1, 0.15) is 0 Å². The molecule has 1 spiro atoms. The lowest BCUT2D eigenvalue weighted by molar-refractivity contribution is 0.793. The molecule has 2 aliphatic rings.